The Morgan fingerprint density at radius 3 is 2.93 bits per heavy atom. The fourth-order valence-corrected chi connectivity index (χ4v) is 2.14. The van der Waals surface area contributed by atoms with E-state index in [0.717, 1.165) is 13.2 Å². The molecular weight excluding hydrogens is 186 g/mol. The number of nitrogens with one attached hydrogen (secondary N) is 1. The van der Waals surface area contributed by atoms with Gasteiger partial charge in [-0.25, -0.2) is 0 Å². The van der Waals surface area contributed by atoms with E-state index in [1.54, 1.807) is 0 Å². The topological polar surface area (TPSA) is 21.3 Å². The minimum Gasteiger partial charge on any atom is -0.378 e. The van der Waals surface area contributed by atoms with Gasteiger partial charge < -0.3 is 10.1 Å². The number of ether oxygens (including phenoxy) is 1. The van der Waals surface area contributed by atoms with E-state index in [9.17, 15) is 0 Å². The Morgan fingerprint density at radius 1 is 1.40 bits per heavy atom. The van der Waals surface area contributed by atoms with Gasteiger partial charge in [-0.15, -0.1) is 0 Å². The van der Waals surface area contributed by atoms with Crippen molar-refractivity contribution in [2.24, 2.45) is 0 Å². The molecule has 0 spiro atoms. The highest BCUT2D eigenvalue weighted by atomic mass is 16.5. The summed E-state index contributed by atoms with van der Waals surface area (Å²) < 4.78 is 5.70. The van der Waals surface area contributed by atoms with Crippen molar-refractivity contribution in [3.63, 3.8) is 0 Å². The highest BCUT2D eigenvalue weighted by molar-refractivity contribution is 4.67. The number of rotatable bonds is 7. The lowest BCUT2D eigenvalue weighted by Crippen LogP contribution is -2.30. The van der Waals surface area contributed by atoms with E-state index in [1.807, 2.05) is 0 Å². The minimum absolute atomic E-state index is 0.532. The molecule has 1 aliphatic rings. The van der Waals surface area contributed by atoms with Crippen LogP contribution in [0.1, 0.15) is 58.8 Å². The molecule has 1 aliphatic heterocycles. The lowest BCUT2D eigenvalue weighted by molar-refractivity contribution is 0.0112. The lowest BCUT2D eigenvalue weighted by atomic mass is 10.1. The van der Waals surface area contributed by atoms with E-state index in [-0.39, 0.29) is 0 Å². The molecule has 2 unspecified atom stereocenters. The predicted molar refractivity (Wildman–Crippen MR) is 65.2 cm³/mol. The maximum atomic E-state index is 5.70. The highest BCUT2D eigenvalue weighted by Gasteiger charge is 2.13. The summed E-state index contributed by atoms with van der Waals surface area (Å²) in [6, 6.07) is 0.675. The molecule has 2 atom stereocenters. The molecule has 2 nitrogen and oxygen atoms in total. The predicted octanol–water partition coefficient (Wildman–Crippen LogP) is 3.11. The molecule has 90 valence electrons. The van der Waals surface area contributed by atoms with Crippen LogP contribution >= 0.6 is 0 Å². The van der Waals surface area contributed by atoms with Gasteiger partial charge in [0, 0.05) is 12.6 Å². The molecule has 2 heteroatoms. The Bertz CT molecular complexity index is 143. The SMILES string of the molecule is CCCCC(C)NCCC1CCCCO1. The van der Waals surface area contributed by atoms with Crippen LogP contribution in [0.2, 0.25) is 0 Å². The summed E-state index contributed by atoms with van der Waals surface area (Å²) in [5.41, 5.74) is 0. The average Bonchev–Trinajstić information content (AvgIpc) is 2.28. The first-order chi connectivity index (χ1) is 7.33. The van der Waals surface area contributed by atoms with Crippen molar-refractivity contribution >= 4 is 0 Å². The Morgan fingerprint density at radius 2 is 2.27 bits per heavy atom. The van der Waals surface area contributed by atoms with Crippen molar-refractivity contribution < 1.29 is 4.74 Å². The molecule has 0 aromatic heterocycles. The number of hydrogen-bond acceptors (Lipinski definition) is 2. The number of hydrogen-bond donors (Lipinski definition) is 1. The van der Waals surface area contributed by atoms with Gasteiger partial charge in [0.25, 0.3) is 0 Å². The van der Waals surface area contributed by atoms with Crippen molar-refractivity contribution in [3.05, 3.63) is 0 Å². The van der Waals surface area contributed by atoms with Crippen LogP contribution in [0, 0.1) is 0 Å². The summed E-state index contributed by atoms with van der Waals surface area (Å²) in [7, 11) is 0. The van der Waals surface area contributed by atoms with Crippen LogP contribution in [-0.4, -0.2) is 25.3 Å². The van der Waals surface area contributed by atoms with Crippen LogP contribution in [-0.2, 0) is 4.74 Å². The van der Waals surface area contributed by atoms with E-state index in [4.69, 9.17) is 4.74 Å². The summed E-state index contributed by atoms with van der Waals surface area (Å²) in [5, 5.41) is 3.58. The van der Waals surface area contributed by atoms with Crippen LogP contribution in [0.4, 0.5) is 0 Å². The first-order valence-corrected chi connectivity index (χ1v) is 6.68. The molecule has 0 aliphatic carbocycles. The fraction of sp³-hybridized carbons (Fsp3) is 1.00. The Labute approximate surface area is 94.8 Å². The first kappa shape index (κ1) is 13.0. The average molecular weight is 213 g/mol. The zero-order chi connectivity index (χ0) is 10.9. The van der Waals surface area contributed by atoms with E-state index in [1.165, 1.54) is 44.9 Å². The monoisotopic (exact) mass is 213 g/mol. The second-order valence-corrected chi connectivity index (χ2v) is 4.77. The molecule has 1 saturated heterocycles. The highest BCUT2D eigenvalue weighted by Crippen LogP contribution is 2.14. The molecule has 0 amide bonds. The van der Waals surface area contributed by atoms with Gasteiger partial charge in [-0.05, 0) is 45.6 Å². The van der Waals surface area contributed by atoms with Crippen molar-refractivity contribution in [1.29, 1.82) is 0 Å². The third-order valence-corrected chi connectivity index (χ3v) is 3.22. The second-order valence-electron chi connectivity index (χ2n) is 4.77. The fourth-order valence-electron chi connectivity index (χ4n) is 2.14. The largest absolute Gasteiger partial charge is 0.378 e. The molecule has 1 N–H and O–H groups in total. The van der Waals surface area contributed by atoms with Crippen molar-refractivity contribution in [3.8, 4) is 0 Å². The van der Waals surface area contributed by atoms with E-state index in [2.05, 4.69) is 19.2 Å². The zero-order valence-electron chi connectivity index (χ0n) is 10.4. The molecule has 0 aromatic rings. The van der Waals surface area contributed by atoms with Gasteiger partial charge in [-0.1, -0.05) is 19.8 Å². The van der Waals surface area contributed by atoms with Gasteiger partial charge in [-0.3, -0.25) is 0 Å². The van der Waals surface area contributed by atoms with Crippen LogP contribution in [0.3, 0.4) is 0 Å². The summed E-state index contributed by atoms with van der Waals surface area (Å²) in [4.78, 5) is 0. The van der Waals surface area contributed by atoms with E-state index < -0.39 is 0 Å². The Balaban J connectivity index is 1.94. The molecule has 0 aromatic carbocycles. The van der Waals surface area contributed by atoms with Crippen LogP contribution < -0.4 is 5.32 Å². The maximum absolute atomic E-state index is 5.70. The molecule has 1 heterocycles. The molecule has 15 heavy (non-hydrogen) atoms. The molecule has 0 bridgehead atoms. The smallest absolute Gasteiger partial charge is 0.0587 e. The Kier molecular flexibility index (Phi) is 7.03. The summed E-state index contributed by atoms with van der Waals surface area (Å²) in [6.45, 7) is 6.64. The maximum Gasteiger partial charge on any atom is 0.0587 e. The van der Waals surface area contributed by atoms with Gasteiger partial charge in [0.15, 0.2) is 0 Å². The lowest BCUT2D eigenvalue weighted by Gasteiger charge is -2.23. The second kappa shape index (κ2) is 8.12. The van der Waals surface area contributed by atoms with Crippen LogP contribution in [0.15, 0.2) is 0 Å². The quantitative estimate of drug-likeness (QED) is 0.701. The first-order valence-electron chi connectivity index (χ1n) is 6.68. The van der Waals surface area contributed by atoms with E-state index >= 15 is 0 Å². The van der Waals surface area contributed by atoms with Crippen molar-refractivity contribution in [1.82, 2.24) is 5.32 Å². The molecular formula is C13H27NO. The normalized spacial score (nSPS) is 24.0. The van der Waals surface area contributed by atoms with Crippen LogP contribution in [0.5, 0.6) is 0 Å². The summed E-state index contributed by atoms with van der Waals surface area (Å²) in [5.74, 6) is 0. The van der Waals surface area contributed by atoms with Gasteiger partial charge >= 0.3 is 0 Å². The van der Waals surface area contributed by atoms with Crippen LogP contribution in [0.25, 0.3) is 0 Å². The zero-order valence-corrected chi connectivity index (χ0v) is 10.4. The molecule has 0 saturated carbocycles. The summed E-state index contributed by atoms with van der Waals surface area (Å²) in [6.07, 6.45) is 9.56. The van der Waals surface area contributed by atoms with Gasteiger partial charge in [-0.2, -0.15) is 0 Å². The molecule has 0 radical (unpaired) electrons. The third kappa shape index (κ3) is 6.16. The third-order valence-electron chi connectivity index (χ3n) is 3.22. The minimum atomic E-state index is 0.532. The summed E-state index contributed by atoms with van der Waals surface area (Å²) >= 11 is 0. The van der Waals surface area contributed by atoms with Crippen molar-refractivity contribution in [2.75, 3.05) is 13.2 Å². The number of unbranched alkanes of at least 4 members (excludes halogenated alkanes) is 1. The standard InChI is InChI=1S/C13H27NO/c1-3-4-7-12(2)14-10-9-13-8-5-6-11-15-13/h12-14H,3-11H2,1-2H3. The van der Waals surface area contributed by atoms with Gasteiger partial charge in [0.2, 0.25) is 0 Å². The van der Waals surface area contributed by atoms with Gasteiger partial charge in [0.1, 0.15) is 0 Å². The molecule has 1 rings (SSSR count). The van der Waals surface area contributed by atoms with Crippen molar-refractivity contribution in [2.45, 2.75) is 70.9 Å². The van der Waals surface area contributed by atoms with E-state index in [0.29, 0.717) is 12.1 Å². The Hall–Kier alpha value is -0.0800. The van der Waals surface area contributed by atoms with Gasteiger partial charge in [0.05, 0.1) is 6.10 Å². The molecule has 1 fully saturated rings.